The van der Waals surface area contributed by atoms with E-state index in [1.54, 1.807) is 6.07 Å². The van der Waals surface area contributed by atoms with Gasteiger partial charge in [0.2, 0.25) is 5.91 Å². The number of carbonyl (C=O) groups is 2. The maximum Gasteiger partial charge on any atom is 0.303 e. The molecule has 188 valence electrons. The van der Waals surface area contributed by atoms with E-state index in [4.69, 9.17) is 10.4 Å². The van der Waals surface area contributed by atoms with Crippen LogP contribution in [-0.2, 0) is 9.59 Å². The van der Waals surface area contributed by atoms with Crippen molar-refractivity contribution in [1.82, 2.24) is 15.5 Å². The smallest absolute Gasteiger partial charge is 0.303 e. The average molecular weight is 495 g/mol. The Morgan fingerprint density at radius 1 is 1.03 bits per heavy atom. The summed E-state index contributed by atoms with van der Waals surface area (Å²) in [5.41, 5.74) is 6.69. The standard InChI is InChI=1S/C30H30N4O3/c31-17-20-7-6-10-22(15-20)24-18-34(19-24)30(37)23-13-14-25-27(16-23)32-26(11-4-5-12-28(35)36)29(33-25)21-8-2-1-3-9-21/h1-3,6-10,14-16,23-24,32-33H,4-5,11-13,18-19H2,(H,35,36). The van der Waals surface area contributed by atoms with Crippen LogP contribution in [0.3, 0.4) is 0 Å². The van der Waals surface area contributed by atoms with Crippen molar-refractivity contribution >= 4 is 17.6 Å². The third kappa shape index (κ3) is 5.44. The van der Waals surface area contributed by atoms with E-state index in [9.17, 15) is 9.59 Å². The summed E-state index contributed by atoms with van der Waals surface area (Å²) in [6.07, 6.45) is 6.97. The molecule has 1 atom stereocenters. The minimum absolute atomic E-state index is 0.123. The molecule has 0 spiro atoms. The van der Waals surface area contributed by atoms with Crippen molar-refractivity contribution in [2.24, 2.45) is 5.92 Å². The summed E-state index contributed by atoms with van der Waals surface area (Å²) < 4.78 is 0. The number of rotatable bonds is 8. The molecule has 7 heteroatoms. The Morgan fingerprint density at radius 3 is 2.59 bits per heavy atom. The van der Waals surface area contributed by atoms with Crippen LogP contribution in [0, 0.1) is 17.2 Å². The maximum atomic E-state index is 13.3. The number of hydrogen-bond acceptors (Lipinski definition) is 5. The number of carboxylic acids is 1. The molecular formula is C30H30N4O3. The average Bonchev–Trinajstić information content (AvgIpc) is 2.90. The Hall–Kier alpha value is -4.31. The molecule has 1 amide bonds. The Labute approximate surface area is 216 Å². The number of nitriles is 1. The van der Waals surface area contributed by atoms with Gasteiger partial charge in [-0.2, -0.15) is 5.26 Å². The van der Waals surface area contributed by atoms with E-state index in [0.29, 0.717) is 37.9 Å². The van der Waals surface area contributed by atoms with Gasteiger partial charge in [0, 0.05) is 31.1 Å². The molecule has 1 unspecified atom stereocenters. The lowest BCUT2D eigenvalue weighted by Crippen LogP contribution is -2.50. The molecule has 3 N–H and O–H groups in total. The van der Waals surface area contributed by atoms with Crippen LogP contribution in [0.5, 0.6) is 0 Å². The number of allylic oxidation sites excluding steroid dienone is 2. The molecule has 0 bridgehead atoms. The van der Waals surface area contributed by atoms with E-state index in [2.05, 4.69) is 34.9 Å². The zero-order valence-electron chi connectivity index (χ0n) is 20.6. The highest BCUT2D eigenvalue weighted by atomic mass is 16.4. The fourth-order valence-corrected chi connectivity index (χ4v) is 5.13. The second-order valence-electron chi connectivity index (χ2n) is 9.79. The number of likely N-dealkylation sites (tertiary alicyclic amines) is 1. The highest BCUT2D eigenvalue weighted by molar-refractivity contribution is 5.83. The first-order valence-corrected chi connectivity index (χ1v) is 12.8. The van der Waals surface area contributed by atoms with Crippen LogP contribution < -0.4 is 10.6 Å². The fraction of sp³-hybridized carbons (Fsp3) is 0.300. The quantitative estimate of drug-likeness (QED) is 0.468. The molecule has 2 aromatic rings. The number of nitrogens with one attached hydrogen (secondary N) is 2. The van der Waals surface area contributed by atoms with Gasteiger partial charge < -0.3 is 20.6 Å². The van der Waals surface area contributed by atoms with Crippen LogP contribution in [0.1, 0.15) is 54.7 Å². The minimum Gasteiger partial charge on any atom is -0.481 e. The monoisotopic (exact) mass is 494 g/mol. The molecule has 3 aliphatic rings. The summed E-state index contributed by atoms with van der Waals surface area (Å²) in [6, 6.07) is 19.9. The number of nitrogens with zero attached hydrogens (tertiary/aromatic N) is 2. The normalized spacial score (nSPS) is 18.9. The Bertz CT molecular complexity index is 1330. The zero-order chi connectivity index (χ0) is 25.8. The molecule has 7 nitrogen and oxygen atoms in total. The van der Waals surface area contributed by atoms with Crippen molar-refractivity contribution in [2.75, 3.05) is 13.1 Å². The Kier molecular flexibility index (Phi) is 7.09. The van der Waals surface area contributed by atoms with Crippen molar-refractivity contribution in [3.8, 4) is 6.07 Å². The molecule has 2 aromatic carbocycles. The van der Waals surface area contributed by atoms with Gasteiger partial charge in [-0.3, -0.25) is 9.59 Å². The number of carboxylic acid groups (broad SMARTS) is 1. The van der Waals surface area contributed by atoms with E-state index in [1.807, 2.05) is 47.4 Å². The molecule has 0 saturated carbocycles. The van der Waals surface area contributed by atoms with Crippen molar-refractivity contribution < 1.29 is 14.7 Å². The second-order valence-corrected chi connectivity index (χ2v) is 9.79. The largest absolute Gasteiger partial charge is 0.481 e. The number of benzene rings is 2. The first-order chi connectivity index (χ1) is 18.0. The van der Waals surface area contributed by atoms with Gasteiger partial charge in [-0.05, 0) is 55.0 Å². The summed E-state index contributed by atoms with van der Waals surface area (Å²) in [4.78, 5) is 26.1. The number of carbonyl (C=O) groups excluding carboxylic acids is 1. The predicted molar refractivity (Wildman–Crippen MR) is 140 cm³/mol. The topological polar surface area (TPSA) is 105 Å². The lowest BCUT2D eigenvalue weighted by atomic mass is 9.87. The van der Waals surface area contributed by atoms with Crippen LogP contribution in [0.4, 0.5) is 0 Å². The molecule has 1 aliphatic carbocycles. The van der Waals surface area contributed by atoms with E-state index < -0.39 is 5.97 Å². The van der Waals surface area contributed by atoms with Crippen LogP contribution in [0.2, 0.25) is 0 Å². The lowest BCUT2D eigenvalue weighted by Gasteiger charge is -2.41. The van der Waals surface area contributed by atoms with Crippen molar-refractivity contribution in [3.63, 3.8) is 0 Å². The molecular weight excluding hydrogens is 464 g/mol. The van der Waals surface area contributed by atoms with Gasteiger partial charge in [-0.1, -0.05) is 48.5 Å². The molecule has 2 aliphatic heterocycles. The number of amides is 1. The number of hydrogen-bond donors (Lipinski definition) is 3. The van der Waals surface area contributed by atoms with Crippen LogP contribution >= 0.6 is 0 Å². The van der Waals surface area contributed by atoms with Crippen LogP contribution in [-0.4, -0.2) is 35.0 Å². The Morgan fingerprint density at radius 2 is 1.84 bits per heavy atom. The summed E-state index contributed by atoms with van der Waals surface area (Å²) in [5.74, 6) is -0.619. The van der Waals surface area contributed by atoms with Crippen molar-refractivity contribution in [1.29, 1.82) is 5.26 Å². The fourth-order valence-electron chi connectivity index (χ4n) is 5.13. The lowest BCUT2D eigenvalue weighted by molar-refractivity contribution is -0.138. The molecule has 1 saturated heterocycles. The minimum atomic E-state index is -0.778. The summed E-state index contributed by atoms with van der Waals surface area (Å²) in [7, 11) is 0. The van der Waals surface area contributed by atoms with Gasteiger partial charge in [0.1, 0.15) is 0 Å². The molecule has 37 heavy (non-hydrogen) atoms. The van der Waals surface area contributed by atoms with E-state index >= 15 is 0 Å². The van der Waals surface area contributed by atoms with Crippen molar-refractivity contribution in [3.05, 3.63) is 101 Å². The SMILES string of the molecule is N#Cc1cccc(C2CN(C(=O)C3C=C4NC(CCCCC(=O)O)=C(c5ccccc5)NC4=CC3)C2)c1. The summed E-state index contributed by atoms with van der Waals surface area (Å²) in [5, 5.41) is 25.3. The van der Waals surface area contributed by atoms with Gasteiger partial charge in [0.25, 0.3) is 0 Å². The number of aliphatic carboxylic acids is 1. The predicted octanol–water partition coefficient (Wildman–Crippen LogP) is 4.48. The van der Waals surface area contributed by atoms with Crippen LogP contribution in [0.15, 0.2) is 83.8 Å². The molecule has 1 fully saturated rings. The molecule has 5 rings (SSSR count). The zero-order valence-corrected chi connectivity index (χ0v) is 20.6. The first-order valence-electron chi connectivity index (χ1n) is 12.8. The van der Waals surface area contributed by atoms with E-state index in [-0.39, 0.29) is 24.2 Å². The second kappa shape index (κ2) is 10.8. The van der Waals surface area contributed by atoms with Gasteiger partial charge in [0.15, 0.2) is 0 Å². The van der Waals surface area contributed by atoms with Crippen molar-refractivity contribution in [2.45, 2.75) is 38.0 Å². The highest BCUT2D eigenvalue weighted by Crippen LogP contribution is 2.34. The van der Waals surface area contributed by atoms with Gasteiger partial charge >= 0.3 is 5.97 Å². The molecule has 2 heterocycles. The first kappa shape index (κ1) is 24.4. The summed E-state index contributed by atoms with van der Waals surface area (Å²) in [6.45, 7) is 1.34. The van der Waals surface area contributed by atoms with Gasteiger partial charge in [0.05, 0.1) is 34.6 Å². The number of unbranched alkanes of at least 4 members (excludes halogenated alkanes) is 1. The van der Waals surface area contributed by atoms with E-state index in [1.165, 1.54) is 0 Å². The third-order valence-corrected chi connectivity index (χ3v) is 7.21. The molecule has 0 aromatic heterocycles. The Balaban J connectivity index is 1.27. The van der Waals surface area contributed by atoms with Gasteiger partial charge in [-0.15, -0.1) is 0 Å². The molecule has 0 radical (unpaired) electrons. The maximum absolute atomic E-state index is 13.3. The summed E-state index contributed by atoms with van der Waals surface area (Å²) >= 11 is 0. The third-order valence-electron chi connectivity index (χ3n) is 7.21. The van der Waals surface area contributed by atoms with Crippen LogP contribution in [0.25, 0.3) is 5.70 Å². The number of fused-ring (bicyclic) bond motifs is 1. The van der Waals surface area contributed by atoms with Gasteiger partial charge in [-0.25, -0.2) is 0 Å². The van der Waals surface area contributed by atoms with E-state index in [0.717, 1.165) is 40.3 Å². The highest BCUT2D eigenvalue weighted by Gasteiger charge is 2.36.